The number of nitrogens with zero attached hydrogens (tertiary/aromatic N) is 1. The van der Waals surface area contributed by atoms with Gasteiger partial charge in [0.15, 0.2) is 5.69 Å². The minimum absolute atomic E-state index is 0.0943. The van der Waals surface area contributed by atoms with E-state index in [-0.39, 0.29) is 11.5 Å². The lowest BCUT2D eigenvalue weighted by Gasteiger charge is -2.04. The molecule has 0 atom stereocenters. The van der Waals surface area contributed by atoms with Crippen LogP contribution in [0.15, 0.2) is 39.3 Å². The summed E-state index contributed by atoms with van der Waals surface area (Å²) < 4.78 is 5.20. The number of anilines is 1. The predicted octanol–water partition coefficient (Wildman–Crippen LogP) is 2.39. The van der Waals surface area contributed by atoms with Gasteiger partial charge in [0.05, 0.1) is 5.69 Å². The highest BCUT2D eigenvalue weighted by molar-refractivity contribution is 9.10. The van der Waals surface area contributed by atoms with E-state index in [4.69, 9.17) is 5.11 Å². The normalized spacial score (nSPS) is 10.1. The average Bonchev–Trinajstić information content (AvgIpc) is 2.81. The lowest BCUT2D eigenvalue weighted by atomic mass is 10.3. The Balaban J connectivity index is 2.17. The fourth-order valence-electron chi connectivity index (χ4n) is 1.23. The van der Waals surface area contributed by atoms with Crippen molar-refractivity contribution in [1.82, 2.24) is 5.16 Å². The van der Waals surface area contributed by atoms with Gasteiger partial charge in [-0.1, -0.05) is 17.3 Å². The lowest BCUT2D eigenvalue weighted by Crippen LogP contribution is -2.12. The Morgan fingerprint density at radius 2 is 2.06 bits per heavy atom. The number of rotatable bonds is 3. The molecule has 0 saturated carbocycles. The topological polar surface area (TPSA) is 92.4 Å². The van der Waals surface area contributed by atoms with Gasteiger partial charge in [0.1, 0.15) is 0 Å². The van der Waals surface area contributed by atoms with E-state index in [0.29, 0.717) is 10.2 Å². The number of hydrogen-bond donors (Lipinski definition) is 2. The molecular weight excluding hydrogens is 304 g/mol. The minimum Gasteiger partial charge on any atom is -0.475 e. The molecule has 1 amide bonds. The van der Waals surface area contributed by atoms with E-state index in [1.165, 1.54) is 0 Å². The number of aromatic nitrogens is 1. The predicted molar refractivity (Wildman–Crippen MR) is 65.6 cm³/mol. The van der Waals surface area contributed by atoms with Crippen molar-refractivity contribution in [3.63, 3.8) is 0 Å². The monoisotopic (exact) mass is 310 g/mol. The summed E-state index contributed by atoms with van der Waals surface area (Å²) in [5, 5.41) is 14.6. The highest BCUT2D eigenvalue weighted by Crippen LogP contribution is 2.21. The molecule has 0 bridgehead atoms. The standard InChI is InChI=1S/C11H7BrN2O4/c12-6-3-1-2-4-7(6)13-10(15)8-5-9(11(16)17)18-14-8/h1-5H,(H,13,15)(H,16,17). The lowest BCUT2D eigenvalue weighted by molar-refractivity contribution is 0.0651. The Kier molecular flexibility index (Phi) is 3.42. The molecule has 1 heterocycles. The molecule has 2 N–H and O–H groups in total. The molecule has 7 heteroatoms. The van der Waals surface area contributed by atoms with Crippen LogP contribution in [0.1, 0.15) is 21.0 Å². The number of amides is 1. The Bertz CT molecular complexity index is 609. The Hall–Kier alpha value is -2.15. The van der Waals surface area contributed by atoms with E-state index in [1.54, 1.807) is 24.3 Å². The van der Waals surface area contributed by atoms with E-state index in [2.05, 4.69) is 30.9 Å². The van der Waals surface area contributed by atoms with Crippen LogP contribution in [0.3, 0.4) is 0 Å². The maximum absolute atomic E-state index is 11.8. The van der Waals surface area contributed by atoms with Gasteiger partial charge in [-0.05, 0) is 28.1 Å². The molecule has 1 aromatic heterocycles. The van der Waals surface area contributed by atoms with Gasteiger partial charge in [-0.25, -0.2) is 4.79 Å². The van der Waals surface area contributed by atoms with Gasteiger partial charge in [-0.3, -0.25) is 4.79 Å². The van der Waals surface area contributed by atoms with E-state index in [1.807, 2.05) is 0 Å². The number of para-hydroxylation sites is 1. The first-order valence-corrected chi connectivity index (χ1v) is 5.63. The third-order valence-electron chi connectivity index (χ3n) is 2.08. The highest BCUT2D eigenvalue weighted by atomic mass is 79.9. The summed E-state index contributed by atoms with van der Waals surface area (Å²) in [6, 6.07) is 8.08. The molecule has 2 rings (SSSR count). The van der Waals surface area contributed by atoms with Crippen LogP contribution in [0.5, 0.6) is 0 Å². The van der Waals surface area contributed by atoms with Gasteiger partial charge in [0, 0.05) is 10.5 Å². The maximum Gasteiger partial charge on any atom is 0.374 e. The average molecular weight is 311 g/mol. The summed E-state index contributed by atoms with van der Waals surface area (Å²) in [5.41, 5.74) is 0.463. The van der Waals surface area contributed by atoms with Crippen molar-refractivity contribution in [1.29, 1.82) is 0 Å². The molecule has 0 saturated heterocycles. The molecule has 0 aliphatic heterocycles. The first-order chi connectivity index (χ1) is 8.58. The molecule has 6 nitrogen and oxygen atoms in total. The number of carboxylic acids is 1. The van der Waals surface area contributed by atoms with Gasteiger partial charge in [-0.2, -0.15) is 0 Å². The van der Waals surface area contributed by atoms with Gasteiger partial charge < -0.3 is 14.9 Å². The minimum atomic E-state index is -1.28. The summed E-state index contributed by atoms with van der Waals surface area (Å²) in [6.07, 6.45) is 0. The van der Waals surface area contributed by atoms with Gasteiger partial charge >= 0.3 is 5.97 Å². The Labute approximate surface area is 110 Å². The summed E-state index contributed by atoms with van der Waals surface area (Å²) >= 11 is 3.27. The molecule has 0 fully saturated rings. The third kappa shape index (κ3) is 2.57. The van der Waals surface area contributed by atoms with E-state index in [9.17, 15) is 9.59 Å². The molecule has 0 spiro atoms. The van der Waals surface area contributed by atoms with Crippen molar-refractivity contribution in [2.75, 3.05) is 5.32 Å². The molecule has 18 heavy (non-hydrogen) atoms. The number of benzene rings is 1. The second kappa shape index (κ2) is 5.01. The molecule has 92 valence electrons. The summed E-state index contributed by atoms with van der Waals surface area (Å²) in [6.45, 7) is 0. The van der Waals surface area contributed by atoms with Crippen molar-refractivity contribution in [2.24, 2.45) is 0 Å². The molecule has 0 aliphatic rings. The zero-order valence-corrected chi connectivity index (χ0v) is 10.5. The largest absolute Gasteiger partial charge is 0.475 e. The van der Waals surface area contributed by atoms with Crippen LogP contribution < -0.4 is 5.32 Å². The second-order valence-electron chi connectivity index (χ2n) is 3.32. The second-order valence-corrected chi connectivity index (χ2v) is 4.17. The quantitative estimate of drug-likeness (QED) is 0.908. The summed E-state index contributed by atoms with van der Waals surface area (Å²) in [5.74, 6) is -2.20. The fourth-order valence-corrected chi connectivity index (χ4v) is 1.62. The van der Waals surface area contributed by atoms with Crippen LogP contribution >= 0.6 is 15.9 Å². The number of carboxylic acid groups (broad SMARTS) is 1. The molecule has 0 aliphatic carbocycles. The van der Waals surface area contributed by atoms with E-state index < -0.39 is 11.9 Å². The zero-order chi connectivity index (χ0) is 13.1. The number of nitrogens with one attached hydrogen (secondary N) is 1. The number of halogens is 1. The molecule has 1 aromatic carbocycles. The Morgan fingerprint density at radius 3 is 2.67 bits per heavy atom. The van der Waals surface area contributed by atoms with E-state index in [0.717, 1.165) is 6.07 Å². The van der Waals surface area contributed by atoms with Crippen molar-refractivity contribution in [3.8, 4) is 0 Å². The van der Waals surface area contributed by atoms with Crippen molar-refractivity contribution in [3.05, 3.63) is 46.3 Å². The third-order valence-corrected chi connectivity index (χ3v) is 2.77. The SMILES string of the molecule is O=C(Nc1ccccc1Br)c1cc(C(=O)O)on1. The summed E-state index contributed by atoms with van der Waals surface area (Å²) in [7, 11) is 0. The van der Waals surface area contributed by atoms with Crippen LogP contribution in [0.25, 0.3) is 0 Å². The van der Waals surface area contributed by atoms with Gasteiger partial charge in [0.25, 0.3) is 5.91 Å². The van der Waals surface area contributed by atoms with Crippen LogP contribution in [-0.4, -0.2) is 22.1 Å². The number of carbonyl (C=O) groups is 2. The first-order valence-electron chi connectivity index (χ1n) is 4.84. The maximum atomic E-state index is 11.8. The number of carbonyl (C=O) groups excluding carboxylic acids is 1. The van der Waals surface area contributed by atoms with E-state index >= 15 is 0 Å². The molecule has 0 unspecified atom stereocenters. The fraction of sp³-hybridized carbons (Fsp3) is 0. The van der Waals surface area contributed by atoms with Crippen molar-refractivity contribution < 1.29 is 19.2 Å². The molecular formula is C11H7BrN2O4. The molecule has 2 aromatic rings. The zero-order valence-electron chi connectivity index (χ0n) is 8.88. The van der Waals surface area contributed by atoms with Crippen molar-refractivity contribution in [2.45, 2.75) is 0 Å². The number of hydrogen-bond acceptors (Lipinski definition) is 4. The Morgan fingerprint density at radius 1 is 1.33 bits per heavy atom. The summed E-state index contributed by atoms with van der Waals surface area (Å²) in [4.78, 5) is 22.3. The van der Waals surface area contributed by atoms with Gasteiger partial charge in [-0.15, -0.1) is 0 Å². The van der Waals surface area contributed by atoms with Crippen molar-refractivity contribution >= 4 is 33.5 Å². The molecule has 0 radical (unpaired) electrons. The van der Waals surface area contributed by atoms with Crippen LogP contribution in [-0.2, 0) is 0 Å². The number of aromatic carboxylic acids is 1. The van der Waals surface area contributed by atoms with Crippen LogP contribution in [0.4, 0.5) is 5.69 Å². The van der Waals surface area contributed by atoms with Crippen LogP contribution in [0.2, 0.25) is 0 Å². The smallest absolute Gasteiger partial charge is 0.374 e. The van der Waals surface area contributed by atoms with Crippen LogP contribution in [0, 0.1) is 0 Å². The van der Waals surface area contributed by atoms with Gasteiger partial charge in [0.2, 0.25) is 5.76 Å². The first kappa shape index (κ1) is 12.3. The highest BCUT2D eigenvalue weighted by Gasteiger charge is 2.17.